The maximum absolute atomic E-state index is 13.0. The number of halogens is 2. The van der Waals surface area contributed by atoms with E-state index in [4.69, 9.17) is 5.11 Å². The molecule has 84 valence electrons. The van der Waals surface area contributed by atoms with Gasteiger partial charge in [-0.15, -0.1) is 0 Å². The summed E-state index contributed by atoms with van der Waals surface area (Å²) in [5.74, 6) is -1.73. The first-order chi connectivity index (χ1) is 7.03. The molecular weight excluding hydrogens is 200 g/mol. The van der Waals surface area contributed by atoms with Crippen molar-refractivity contribution in [2.75, 3.05) is 13.7 Å². The molecule has 1 unspecified atom stereocenters. The van der Waals surface area contributed by atoms with E-state index >= 15 is 0 Å². The van der Waals surface area contributed by atoms with Crippen LogP contribution in [0.3, 0.4) is 0 Å². The van der Waals surface area contributed by atoms with E-state index in [1.54, 1.807) is 7.05 Å². The summed E-state index contributed by atoms with van der Waals surface area (Å²) in [7, 11) is 1.72. The van der Waals surface area contributed by atoms with Gasteiger partial charge in [0.05, 0.1) is 0 Å². The Morgan fingerprint density at radius 2 is 2.00 bits per heavy atom. The molecule has 0 aliphatic rings. The Balaban J connectivity index is 3.07. The fourth-order valence-electron chi connectivity index (χ4n) is 1.48. The second-order valence-electron chi connectivity index (χ2n) is 3.68. The van der Waals surface area contributed by atoms with Crippen LogP contribution in [-0.2, 0) is 5.54 Å². The van der Waals surface area contributed by atoms with Gasteiger partial charge >= 0.3 is 0 Å². The summed E-state index contributed by atoms with van der Waals surface area (Å²) in [5, 5.41) is 11.9. The Morgan fingerprint density at radius 1 is 1.33 bits per heavy atom. The van der Waals surface area contributed by atoms with E-state index in [9.17, 15) is 8.78 Å². The van der Waals surface area contributed by atoms with Crippen molar-refractivity contribution in [2.45, 2.75) is 18.9 Å². The quantitative estimate of drug-likeness (QED) is 0.802. The Morgan fingerprint density at radius 3 is 2.47 bits per heavy atom. The molecule has 15 heavy (non-hydrogen) atoms. The Bertz CT molecular complexity index is 343. The van der Waals surface area contributed by atoms with E-state index in [1.807, 2.05) is 6.92 Å². The summed E-state index contributed by atoms with van der Waals surface area (Å²) in [6.45, 7) is 1.81. The molecule has 1 rings (SSSR count). The van der Waals surface area contributed by atoms with Gasteiger partial charge in [0, 0.05) is 12.1 Å². The van der Waals surface area contributed by atoms with Gasteiger partial charge in [-0.2, -0.15) is 0 Å². The fourth-order valence-corrected chi connectivity index (χ4v) is 1.48. The highest BCUT2D eigenvalue weighted by Crippen LogP contribution is 2.25. The lowest BCUT2D eigenvalue weighted by Crippen LogP contribution is -2.37. The lowest BCUT2D eigenvalue weighted by molar-refractivity contribution is 0.228. The summed E-state index contributed by atoms with van der Waals surface area (Å²) in [6.07, 6.45) is 0.439. The third kappa shape index (κ3) is 2.52. The summed E-state index contributed by atoms with van der Waals surface area (Å²) in [5.41, 5.74) is 0.0847. The first-order valence-electron chi connectivity index (χ1n) is 4.79. The molecule has 0 heterocycles. The molecule has 0 radical (unpaired) electrons. The van der Waals surface area contributed by atoms with Crippen molar-refractivity contribution in [2.24, 2.45) is 0 Å². The van der Waals surface area contributed by atoms with E-state index in [0.717, 1.165) is 12.1 Å². The average molecular weight is 215 g/mol. The maximum atomic E-state index is 13.0. The zero-order chi connectivity index (χ0) is 11.5. The number of hydrogen-bond acceptors (Lipinski definition) is 2. The topological polar surface area (TPSA) is 32.3 Å². The largest absolute Gasteiger partial charge is 0.396 e. The predicted molar refractivity (Wildman–Crippen MR) is 54.5 cm³/mol. The minimum atomic E-state index is -0.869. The van der Waals surface area contributed by atoms with E-state index < -0.39 is 17.2 Å². The second-order valence-corrected chi connectivity index (χ2v) is 3.68. The molecule has 0 bridgehead atoms. The van der Waals surface area contributed by atoms with E-state index in [-0.39, 0.29) is 6.61 Å². The van der Waals surface area contributed by atoms with Gasteiger partial charge in [-0.1, -0.05) is 6.07 Å². The SMILES string of the molecule is CNC(C)(CCO)c1ccc(F)c(F)c1. The zero-order valence-corrected chi connectivity index (χ0v) is 8.85. The molecule has 0 saturated heterocycles. The van der Waals surface area contributed by atoms with Crippen molar-refractivity contribution in [3.8, 4) is 0 Å². The number of nitrogens with one attached hydrogen (secondary N) is 1. The van der Waals surface area contributed by atoms with Crippen molar-refractivity contribution in [1.82, 2.24) is 5.32 Å². The minimum absolute atomic E-state index is 0.0175. The van der Waals surface area contributed by atoms with Crippen molar-refractivity contribution in [3.63, 3.8) is 0 Å². The molecule has 0 aliphatic carbocycles. The standard InChI is InChI=1S/C11H15F2NO/c1-11(14-2,5-6-15)8-3-4-9(12)10(13)7-8/h3-4,7,14-15H,5-6H2,1-2H3. The molecule has 0 amide bonds. The number of benzene rings is 1. The highest BCUT2D eigenvalue weighted by Gasteiger charge is 2.24. The number of aliphatic hydroxyl groups excluding tert-OH is 1. The summed E-state index contributed by atoms with van der Waals surface area (Å²) in [6, 6.07) is 3.77. The van der Waals surface area contributed by atoms with E-state index in [2.05, 4.69) is 5.32 Å². The normalized spacial score (nSPS) is 15.0. The Hall–Kier alpha value is -1.00. The molecule has 0 spiro atoms. The van der Waals surface area contributed by atoms with Crippen molar-refractivity contribution < 1.29 is 13.9 Å². The Kier molecular flexibility index (Phi) is 3.77. The van der Waals surface area contributed by atoms with Crippen LogP contribution in [0.4, 0.5) is 8.78 Å². The first-order valence-corrected chi connectivity index (χ1v) is 4.79. The Labute approximate surface area is 87.9 Å². The van der Waals surface area contributed by atoms with Crippen molar-refractivity contribution >= 4 is 0 Å². The lowest BCUT2D eigenvalue weighted by Gasteiger charge is -2.29. The lowest BCUT2D eigenvalue weighted by atomic mass is 9.89. The van der Waals surface area contributed by atoms with Gasteiger partial charge in [0.15, 0.2) is 11.6 Å². The van der Waals surface area contributed by atoms with Gasteiger partial charge in [-0.05, 0) is 38.1 Å². The highest BCUT2D eigenvalue weighted by atomic mass is 19.2. The van der Waals surface area contributed by atoms with E-state index in [0.29, 0.717) is 12.0 Å². The van der Waals surface area contributed by atoms with Crippen LogP contribution in [0.15, 0.2) is 18.2 Å². The summed E-state index contributed by atoms with van der Waals surface area (Å²) >= 11 is 0. The van der Waals surface area contributed by atoms with Crippen LogP contribution >= 0.6 is 0 Å². The zero-order valence-electron chi connectivity index (χ0n) is 8.85. The molecule has 1 atom stereocenters. The highest BCUT2D eigenvalue weighted by molar-refractivity contribution is 5.25. The van der Waals surface area contributed by atoms with Crippen LogP contribution < -0.4 is 5.32 Å². The number of rotatable bonds is 4. The van der Waals surface area contributed by atoms with Crippen LogP contribution in [0.2, 0.25) is 0 Å². The third-order valence-corrected chi connectivity index (χ3v) is 2.72. The van der Waals surface area contributed by atoms with Gasteiger partial charge in [-0.3, -0.25) is 0 Å². The van der Waals surface area contributed by atoms with Gasteiger partial charge in [0.1, 0.15) is 0 Å². The van der Waals surface area contributed by atoms with Crippen LogP contribution in [0.1, 0.15) is 18.9 Å². The summed E-state index contributed by atoms with van der Waals surface area (Å²) < 4.78 is 25.8. The first kappa shape index (κ1) is 12.1. The average Bonchev–Trinajstić information content (AvgIpc) is 2.22. The number of hydrogen-bond donors (Lipinski definition) is 2. The van der Waals surface area contributed by atoms with Gasteiger partial charge < -0.3 is 10.4 Å². The van der Waals surface area contributed by atoms with Crippen LogP contribution in [0, 0.1) is 11.6 Å². The smallest absolute Gasteiger partial charge is 0.159 e. The minimum Gasteiger partial charge on any atom is -0.396 e. The summed E-state index contributed by atoms with van der Waals surface area (Å²) in [4.78, 5) is 0. The van der Waals surface area contributed by atoms with E-state index in [1.165, 1.54) is 6.07 Å². The van der Waals surface area contributed by atoms with Gasteiger partial charge in [0.25, 0.3) is 0 Å². The predicted octanol–water partition coefficient (Wildman–Crippen LogP) is 1.78. The fraction of sp³-hybridized carbons (Fsp3) is 0.455. The van der Waals surface area contributed by atoms with Crippen LogP contribution in [0.25, 0.3) is 0 Å². The van der Waals surface area contributed by atoms with Gasteiger partial charge in [-0.25, -0.2) is 8.78 Å². The van der Waals surface area contributed by atoms with Crippen molar-refractivity contribution in [3.05, 3.63) is 35.4 Å². The molecule has 0 fully saturated rings. The maximum Gasteiger partial charge on any atom is 0.159 e. The molecule has 2 N–H and O–H groups in total. The second kappa shape index (κ2) is 4.68. The molecule has 1 aromatic carbocycles. The van der Waals surface area contributed by atoms with Crippen LogP contribution in [0.5, 0.6) is 0 Å². The molecule has 2 nitrogen and oxygen atoms in total. The number of aliphatic hydroxyl groups is 1. The van der Waals surface area contributed by atoms with Gasteiger partial charge in [0.2, 0.25) is 0 Å². The molecule has 1 aromatic rings. The molecule has 0 aliphatic heterocycles. The molecular formula is C11H15F2NO. The molecule has 0 aromatic heterocycles. The monoisotopic (exact) mass is 215 g/mol. The molecule has 0 saturated carbocycles. The van der Waals surface area contributed by atoms with Crippen LogP contribution in [-0.4, -0.2) is 18.8 Å². The molecule has 4 heteroatoms. The third-order valence-electron chi connectivity index (χ3n) is 2.72. The van der Waals surface area contributed by atoms with Crippen molar-refractivity contribution in [1.29, 1.82) is 0 Å².